The van der Waals surface area contributed by atoms with Crippen molar-refractivity contribution >= 4 is 21.8 Å². The third-order valence-electron chi connectivity index (χ3n) is 2.27. The Morgan fingerprint density at radius 2 is 1.12 bits per heavy atom. The number of aliphatic carboxylic acids is 2. The van der Waals surface area contributed by atoms with Crippen molar-refractivity contribution in [3.8, 4) is 0 Å². The zero-order chi connectivity index (χ0) is 14.1. The molecule has 0 unspecified atom stereocenters. The summed E-state index contributed by atoms with van der Waals surface area (Å²) in [5, 5.41) is 21.4. The standard InChI is InChI=1S/C10H18O6S/c1-9(2,7(11)12)5-17(15,16)6-10(3,4)8(13)14/h5-6H2,1-4H3,(H,11,12)(H,13,14)/p-2. The summed E-state index contributed by atoms with van der Waals surface area (Å²) in [5.41, 5.74) is -3.11. The first-order valence-electron chi connectivity index (χ1n) is 4.93. The van der Waals surface area contributed by atoms with Crippen LogP contribution in [-0.4, -0.2) is 31.9 Å². The number of sulfone groups is 1. The largest absolute Gasteiger partial charge is 0.550 e. The molecule has 0 atom stereocenters. The van der Waals surface area contributed by atoms with Crippen LogP contribution in [0.3, 0.4) is 0 Å². The first kappa shape index (κ1) is 15.9. The van der Waals surface area contributed by atoms with Gasteiger partial charge >= 0.3 is 0 Å². The lowest BCUT2D eigenvalue weighted by atomic mass is 9.97. The molecule has 0 N–H and O–H groups in total. The van der Waals surface area contributed by atoms with E-state index in [0.717, 1.165) is 0 Å². The molecule has 17 heavy (non-hydrogen) atoms. The molecule has 0 bridgehead atoms. The van der Waals surface area contributed by atoms with Crippen LogP contribution in [0.15, 0.2) is 0 Å². The summed E-state index contributed by atoms with van der Waals surface area (Å²) in [4.78, 5) is 21.4. The molecule has 0 aromatic rings. The average Bonchev–Trinajstić information content (AvgIpc) is 1.98. The summed E-state index contributed by atoms with van der Waals surface area (Å²) >= 11 is 0. The first-order chi connectivity index (χ1) is 7.30. The van der Waals surface area contributed by atoms with Crippen LogP contribution in [0.1, 0.15) is 27.7 Å². The summed E-state index contributed by atoms with van der Waals surface area (Å²) < 4.78 is 23.4. The van der Waals surface area contributed by atoms with Gasteiger partial charge in [0.2, 0.25) is 0 Å². The van der Waals surface area contributed by atoms with Gasteiger partial charge in [-0.25, -0.2) is 8.42 Å². The minimum Gasteiger partial charge on any atom is -0.550 e. The molecule has 0 spiro atoms. The van der Waals surface area contributed by atoms with Crippen molar-refractivity contribution in [3.63, 3.8) is 0 Å². The van der Waals surface area contributed by atoms with Crippen molar-refractivity contribution in [1.82, 2.24) is 0 Å². The van der Waals surface area contributed by atoms with Crippen LogP contribution in [0.2, 0.25) is 0 Å². The number of carboxylic acid groups (broad SMARTS) is 2. The Kier molecular flexibility index (Phi) is 4.33. The quantitative estimate of drug-likeness (QED) is 0.545. The smallest absolute Gasteiger partial charge is 0.152 e. The molecule has 6 nitrogen and oxygen atoms in total. The SMILES string of the molecule is CC(C)(CS(=O)(=O)CC(C)(C)C(=O)[O-])C(=O)[O-]. The summed E-state index contributed by atoms with van der Waals surface area (Å²) in [7, 11) is -3.83. The third-order valence-corrected chi connectivity index (χ3v) is 4.59. The second kappa shape index (κ2) is 4.64. The highest BCUT2D eigenvalue weighted by molar-refractivity contribution is 7.91. The Morgan fingerprint density at radius 1 is 0.882 bits per heavy atom. The number of hydrogen-bond acceptors (Lipinski definition) is 6. The predicted molar refractivity (Wildman–Crippen MR) is 56.2 cm³/mol. The second-order valence-electron chi connectivity index (χ2n) is 5.37. The van der Waals surface area contributed by atoms with Crippen molar-refractivity contribution in [2.45, 2.75) is 27.7 Å². The van der Waals surface area contributed by atoms with Gasteiger partial charge < -0.3 is 19.8 Å². The monoisotopic (exact) mass is 264 g/mol. The van der Waals surface area contributed by atoms with Gasteiger partial charge in [0.1, 0.15) is 0 Å². The molecule has 0 saturated heterocycles. The molecule has 0 heterocycles. The number of carbonyl (C=O) groups is 2. The van der Waals surface area contributed by atoms with E-state index in [1.807, 2.05) is 0 Å². The topological polar surface area (TPSA) is 114 Å². The van der Waals surface area contributed by atoms with Crippen molar-refractivity contribution in [1.29, 1.82) is 0 Å². The van der Waals surface area contributed by atoms with Gasteiger partial charge in [0.05, 0.1) is 11.5 Å². The predicted octanol–water partition coefficient (Wildman–Crippen LogP) is -2.05. The van der Waals surface area contributed by atoms with Crippen LogP contribution < -0.4 is 10.2 Å². The fraction of sp³-hybridized carbons (Fsp3) is 0.800. The normalized spacial score (nSPS) is 13.4. The van der Waals surface area contributed by atoms with Crippen LogP contribution in [0.4, 0.5) is 0 Å². The van der Waals surface area contributed by atoms with Gasteiger partial charge in [0.25, 0.3) is 0 Å². The van der Waals surface area contributed by atoms with Crippen molar-refractivity contribution in [3.05, 3.63) is 0 Å². The van der Waals surface area contributed by atoms with Crippen LogP contribution in [0.5, 0.6) is 0 Å². The first-order valence-corrected chi connectivity index (χ1v) is 6.76. The van der Waals surface area contributed by atoms with Crippen LogP contribution >= 0.6 is 0 Å². The molecule has 0 rings (SSSR count). The lowest BCUT2D eigenvalue weighted by molar-refractivity contribution is -0.317. The van der Waals surface area contributed by atoms with Gasteiger partial charge in [-0.05, 0) is 0 Å². The zero-order valence-electron chi connectivity index (χ0n) is 10.3. The van der Waals surface area contributed by atoms with E-state index in [1.165, 1.54) is 27.7 Å². The van der Waals surface area contributed by atoms with Gasteiger partial charge in [-0.3, -0.25) is 0 Å². The van der Waals surface area contributed by atoms with Gasteiger partial charge in [-0.2, -0.15) is 0 Å². The van der Waals surface area contributed by atoms with E-state index in [4.69, 9.17) is 0 Å². The number of hydrogen-bond donors (Lipinski definition) is 0. The highest BCUT2D eigenvalue weighted by Crippen LogP contribution is 2.23. The minimum atomic E-state index is -3.83. The van der Waals surface area contributed by atoms with Crippen molar-refractivity contribution < 1.29 is 28.2 Å². The molecule has 0 saturated carbocycles. The minimum absolute atomic E-state index is 0.668. The molecular weight excluding hydrogens is 248 g/mol. The number of carbonyl (C=O) groups excluding carboxylic acids is 2. The van der Waals surface area contributed by atoms with Crippen molar-refractivity contribution in [2.75, 3.05) is 11.5 Å². The van der Waals surface area contributed by atoms with E-state index >= 15 is 0 Å². The molecular formula is C10H16O6S-2. The van der Waals surface area contributed by atoms with E-state index in [1.54, 1.807) is 0 Å². The molecule has 100 valence electrons. The highest BCUT2D eigenvalue weighted by atomic mass is 32.2. The molecule has 0 amide bonds. The second-order valence-corrected chi connectivity index (χ2v) is 7.44. The third kappa shape index (κ3) is 4.72. The zero-order valence-corrected chi connectivity index (χ0v) is 11.1. The van der Waals surface area contributed by atoms with Crippen molar-refractivity contribution in [2.24, 2.45) is 10.8 Å². The molecule has 7 heteroatoms. The summed E-state index contributed by atoms with van der Waals surface area (Å²) in [6.07, 6.45) is 0. The summed E-state index contributed by atoms with van der Waals surface area (Å²) in [5.74, 6) is -4.32. The molecule has 0 aromatic heterocycles. The lowest BCUT2D eigenvalue weighted by Crippen LogP contribution is -2.47. The fourth-order valence-corrected chi connectivity index (χ4v) is 3.81. The fourth-order valence-electron chi connectivity index (χ4n) is 1.27. The van der Waals surface area contributed by atoms with Crippen LogP contribution in [0, 0.1) is 10.8 Å². The van der Waals surface area contributed by atoms with E-state index in [-0.39, 0.29) is 0 Å². The van der Waals surface area contributed by atoms with Gasteiger partial charge in [-0.1, -0.05) is 27.7 Å². The molecule has 0 aliphatic heterocycles. The summed E-state index contributed by atoms with van der Waals surface area (Å²) in [6.45, 7) is 4.86. The molecule has 0 aliphatic carbocycles. The Balaban J connectivity index is 4.97. The maximum atomic E-state index is 11.7. The van der Waals surface area contributed by atoms with Crippen LogP contribution in [-0.2, 0) is 19.4 Å². The van der Waals surface area contributed by atoms with Gasteiger partial charge in [0.15, 0.2) is 9.84 Å². The van der Waals surface area contributed by atoms with E-state index in [9.17, 15) is 28.2 Å². The Bertz CT molecular complexity index is 384. The maximum Gasteiger partial charge on any atom is 0.152 e. The molecule has 0 aliphatic rings. The molecule has 0 aromatic carbocycles. The number of carboxylic acids is 2. The number of rotatable bonds is 6. The van der Waals surface area contributed by atoms with E-state index in [2.05, 4.69) is 0 Å². The van der Waals surface area contributed by atoms with Gasteiger partial charge in [-0.15, -0.1) is 0 Å². The lowest BCUT2D eigenvalue weighted by Gasteiger charge is -2.29. The Morgan fingerprint density at radius 3 is 1.29 bits per heavy atom. The van der Waals surface area contributed by atoms with Gasteiger partial charge in [0, 0.05) is 22.8 Å². The molecule has 0 fully saturated rings. The van der Waals surface area contributed by atoms with E-state index in [0.29, 0.717) is 0 Å². The highest BCUT2D eigenvalue weighted by Gasteiger charge is 2.33. The molecule has 0 radical (unpaired) electrons. The average molecular weight is 264 g/mol. The van der Waals surface area contributed by atoms with E-state index < -0.39 is 44.1 Å². The Hall–Kier alpha value is -1.11. The Labute approximate surface area is 101 Å². The van der Waals surface area contributed by atoms with Crippen LogP contribution in [0.25, 0.3) is 0 Å². The summed E-state index contributed by atoms with van der Waals surface area (Å²) in [6, 6.07) is 0. The maximum absolute atomic E-state index is 11.7.